The molecule has 1 unspecified atom stereocenters. The second-order valence-corrected chi connectivity index (χ2v) is 5.34. The predicted octanol–water partition coefficient (Wildman–Crippen LogP) is 2.82. The van der Waals surface area contributed by atoms with Gasteiger partial charge in [0.25, 0.3) is 0 Å². The Bertz CT molecular complexity index is 392. The maximum Gasteiger partial charge on any atom is 0.147 e. The largest absolute Gasteiger partial charge is 0.352 e. The zero-order chi connectivity index (χ0) is 12.4. The summed E-state index contributed by atoms with van der Waals surface area (Å²) in [6.45, 7) is 6.02. The summed E-state index contributed by atoms with van der Waals surface area (Å²) in [6.07, 6.45) is 4.25. The Labute approximate surface area is 108 Å². The molecule has 0 aromatic carbocycles. The van der Waals surface area contributed by atoms with Gasteiger partial charge in [-0.25, -0.2) is 4.98 Å². The van der Waals surface area contributed by atoms with Crippen LogP contribution in [0.1, 0.15) is 32.3 Å². The molecule has 1 aliphatic rings. The highest BCUT2D eigenvalue weighted by atomic mass is 35.5. The van der Waals surface area contributed by atoms with E-state index in [4.69, 9.17) is 17.3 Å². The van der Waals surface area contributed by atoms with Gasteiger partial charge in [-0.15, -0.1) is 0 Å². The van der Waals surface area contributed by atoms with Crippen LogP contribution in [0.3, 0.4) is 0 Å². The Morgan fingerprint density at radius 3 is 3.00 bits per heavy atom. The van der Waals surface area contributed by atoms with Gasteiger partial charge in [-0.3, -0.25) is 0 Å². The zero-order valence-electron chi connectivity index (χ0n) is 10.5. The minimum absolute atomic E-state index is 0.467. The topological polar surface area (TPSA) is 42.2 Å². The summed E-state index contributed by atoms with van der Waals surface area (Å²) < 4.78 is 0. The van der Waals surface area contributed by atoms with E-state index in [0.29, 0.717) is 18.5 Å². The van der Waals surface area contributed by atoms with E-state index < -0.39 is 0 Å². The predicted molar refractivity (Wildman–Crippen MR) is 72.3 cm³/mol. The molecule has 1 saturated heterocycles. The lowest BCUT2D eigenvalue weighted by atomic mass is 10.0. The maximum absolute atomic E-state index is 6.37. The first-order valence-corrected chi connectivity index (χ1v) is 6.63. The van der Waals surface area contributed by atoms with Gasteiger partial charge < -0.3 is 10.6 Å². The molecule has 3 nitrogen and oxygen atoms in total. The summed E-state index contributed by atoms with van der Waals surface area (Å²) >= 11 is 6.37. The molecule has 1 aromatic heterocycles. The second kappa shape index (κ2) is 5.23. The number of rotatable bonds is 3. The van der Waals surface area contributed by atoms with E-state index in [1.807, 2.05) is 6.07 Å². The average Bonchev–Trinajstić information content (AvgIpc) is 2.78. The van der Waals surface area contributed by atoms with E-state index in [0.717, 1.165) is 22.9 Å². The standard InChI is InChI=1S/C13H20ClN3/c1-9(2)11-4-3-7-17(11)13-12(14)10(8-15)5-6-16-13/h5-6,9,11H,3-4,7-8,15H2,1-2H3. The smallest absolute Gasteiger partial charge is 0.147 e. The molecule has 1 atom stereocenters. The highest BCUT2D eigenvalue weighted by Crippen LogP contribution is 2.34. The van der Waals surface area contributed by atoms with Gasteiger partial charge in [-0.2, -0.15) is 0 Å². The number of pyridine rings is 1. The monoisotopic (exact) mass is 253 g/mol. The molecule has 0 bridgehead atoms. The van der Waals surface area contributed by atoms with Crippen LogP contribution >= 0.6 is 11.6 Å². The number of halogens is 1. The zero-order valence-corrected chi connectivity index (χ0v) is 11.2. The third kappa shape index (κ3) is 2.40. The third-order valence-corrected chi connectivity index (χ3v) is 3.92. The molecular weight excluding hydrogens is 234 g/mol. The van der Waals surface area contributed by atoms with Crippen molar-refractivity contribution in [3.8, 4) is 0 Å². The van der Waals surface area contributed by atoms with Crippen molar-refractivity contribution in [2.45, 2.75) is 39.3 Å². The van der Waals surface area contributed by atoms with Crippen LogP contribution in [0, 0.1) is 5.92 Å². The summed E-state index contributed by atoms with van der Waals surface area (Å²) in [6, 6.07) is 2.44. The fourth-order valence-corrected chi connectivity index (χ4v) is 2.88. The summed E-state index contributed by atoms with van der Waals surface area (Å²) in [7, 11) is 0. The highest BCUT2D eigenvalue weighted by Gasteiger charge is 2.29. The Kier molecular flexibility index (Phi) is 3.89. The van der Waals surface area contributed by atoms with Gasteiger partial charge in [0.15, 0.2) is 0 Å². The van der Waals surface area contributed by atoms with Gasteiger partial charge in [-0.05, 0) is 30.4 Å². The molecule has 2 N–H and O–H groups in total. The van der Waals surface area contributed by atoms with Gasteiger partial charge in [0.05, 0.1) is 5.02 Å². The Morgan fingerprint density at radius 1 is 1.59 bits per heavy atom. The highest BCUT2D eigenvalue weighted by molar-refractivity contribution is 6.33. The molecule has 4 heteroatoms. The fourth-order valence-electron chi connectivity index (χ4n) is 2.58. The van der Waals surface area contributed by atoms with Crippen LogP contribution < -0.4 is 10.6 Å². The van der Waals surface area contributed by atoms with Crippen molar-refractivity contribution in [3.63, 3.8) is 0 Å². The lowest BCUT2D eigenvalue weighted by Gasteiger charge is -2.29. The molecule has 0 spiro atoms. The number of aromatic nitrogens is 1. The van der Waals surface area contributed by atoms with Gasteiger partial charge in [-0.1, -0.05) is 25.4 Å². The van der Waals surface area contributed by atoms with Crippen molar-refractivity contribution in [2.75, 3.05) is 11.4 Å². The van der Waals surface area contributed by atoms with E-state index in [9.17, 15) is 0 Å². The molecule has 0 aliphatic carbocycles. The average molecular weight is 254 g/mol. The summed E-state index contributed by atoms with van der Waals surface area (Å²) in [5.74, 6) is 1.53. The molecule has 0 saturated carbocycles. The van der Waals surface area contributed by atoms with E-state index in [1.165, 1.54) is 12.8 Å². The maximum atomic E-state index is 6.37. The van der Waals surface area contributed by atoms with Crippen LogP contribution in [0.4, 0.5) is 5.82 Å². The summed E-state index contributed by atoms with van der Waals surface area (Å²) in [4.78, 5) is 6.78. The molecule has 17 heavy (non-hydrogen) atoms. The van der Waals surface area contributed by atoms with Crippen molar-refractivity contribution in [1.29, 1.82) is 0 Å². The van der Waals surface area contributed by atoms with E-state index in [-0.39, 0.29) is 0 Å². The Balaban J connectivity index is 2.33. The number of nitrogens with two attached hydrogens (primary N) is 1. The second-order valence-electron chi connectivity index (χ2n) is 4.96. The van der Waals surface area contributed by atoms with E-state index in [2.05, 4.69) is 23.7 Å². The summed E-state index contributed by atoms with van der Waals surface area (Å²) in [5, 5.41) is 0.725. The Morgan fingerprint density at radius 2 is 2.35 bits per heavy atom. The van der Waals surface area contributed by atoms with Crippen LogP contribution in [0.5, 0.6) is 0 Å². The Hall–Kier alpha value is -0.800. The molecule has 1 fully saturated rings. The number of hydrogen-bond donors (Lipinski definition) is 1. The van der Waals surface area contributed by atoms with Gasteiger partial charge in [0.2, 0.25) is 0 Å². The quantitative estimate of drug-likeness (QED) is 0.901. The van der Waals surface area contributed by atoms with E-state index >= 15 is 0 Å². The number of hydrogen-bond acceptors (Lipinski definition) is 3. The number of nitrogens with zero attached hydrogens (tertiary/aromatic N) is 2. The van der Waals surface area contributed by atoms with Crippen molar-refractivity contribution in [1.82, 2.24) is 4.98 Å². The normalized spacial score (nSPS) is 20.3. The first kappa shape index (κ1) is 12.7. The minimum Gasteiger partial charge on any atom is -0.352 e. The molecule has 1 aliphatic heterocycles. The molecule has 2 heterocycles. The van der Waals surface area contributed by atoms with Crippen molar-refractivity contribution >= 4 is 17.4 Å². The minimum atomic E-state index is 0.467. The summed E-state index contributed by atoms with van der Waals surface area (Å²) in [5.41, 5.74) is 6.66. The molecule has 2 rings (SSSR count). The van der Waals surface area contributed by atoms with Crippen LogP contribution in [0.2, 0.25) is 5.02 Å². The van der Waals surface area contributed by atoms with E-state index in [1.54, 1.807) is 6.20 Å². The van der Waals surface area contributed by atoms with Crippen molar-refractivity contribution in [3.05, 3.63) is 22.8 Å². The SMILES string of the molecule is CC(C)C1CCCN1c1nccc(CN)c1Cl. The molecule has 94 valence electrons. The lowest BCUT2D eigenvalue weighted by molar-refractivity contribution is 0.489. The molecule has 0 amide bonds. The first-order chi connectivity index (χ1) is 8.15. The van der Waals surface area contributed by atoms with Crippen LogP contribution in [-0.2, 0) is 6.54 Å². The lowest BCUT2D eigenvalue weighted by Crippen LogP contribution is -2.34. The fraction of sp³-hybridized carbons (Fsp3) is 0.615. The van der Waals surface area contributed by atoms with Crippen LogP contribution in [0.15, 0.2) is 12.3 Å². The third-order valence-electron chi connectivity index (χ3n) is 3.51. The number of anilines is 1. The van der Waals surface area contributed by atoms with Gasteiger partial charge in [0, 0.05) is 25.3 Å². The molecule has 1 aromatic rings. The molecular formula is C13H20ClN3. The van der Waals surface area contributed by atoms with Crippen LogP contribution in [-0.4, -0.2) is 17.6 Å². The van der Waals surface area contributed by atoms with Crippen molar-refractivity contribution < 1.29 is 0 Å². The van der Waals surface area contributed by atoms with Crippen LogP contribution in [0.25, 0.3) is 0 Å². The van der Waals surface area contributed by atoms with Gasteiger partial charge in [0.1, 0.15) is 5.82 Å². The van der Waals surface area contributed by atoms with Gasteiger partial charge >= 0.3 is 0 Å². The first-order valence-electron chi connectivity index (χ1n) is 6.25. The molecule has 0 radical (unpaired) electrons. The van der Waals surface area contributed by atoms with Crippen molar-refractivity contribution in [2.24, 2.45) is 11.7 Å².